The van der Waals surface area contributed by atoms with Gasteiger partial charge in [-0.2, -0.15) is 0 Å². The van der Waals surface area contributed by atoms with Crippen molar-refractivity contribution in [1.29, 1.82) is 0 Å². The van der Waals surface area contributed by atoms with Gasteiger partial charge in [-0.15, -0.1) is 11.3 Å². The van der Waals surface area contributed by atoms with E-state index in [4.69, 9.17) is 4.98 Å². The molecule has 0 radical (unpaired) electrons. The smallest absolute Gasteiger partial charge is 0.171 e. The van der Waals surface area contributed by atoms with Gasteiger partial charge in [-0.05, 0) is 35.4 Å². The monoisotopic (exact) mass is 637 g/mol. The molecule has 0 atom stereocenters. The van der Waals surface area contributed by atoms with E-state index in [1.54, 1.807) is 0 Å². The van der Waals surface area contributed by atoms with Gasteiger partial charge in [0.2, 0.25) is 0 Å². The van der Waals surface area contributed by atoms with E-state index in [9.17, 15) is 4.57 Å². The van der Waals surface area contributed by atoms with Crippen LogP contribution in [0.2, 0.25) is 0 Å². The second-order valence-electron chi connectivity index (χ2n) is 11.8. The average Bonchev–Trinajstić information content (AvgIpc) is 3.54. The highest BCUT2D eigenvalue weighted by molar-refractivity contribution is 7.85. The summed E-state index contributed by atoms with van der Waals surface area (Å²) in [6.45, 7) is 0. The first-order valence-electron chi connectivity index (χ1n) is 15.7. The van der Waals surface area contributed by atoms with E-state index in [2.05, 4.69) is 91.0 Å². The lowest BCUT2D eigenvalue weighted by Crippen LogP contribution is -2.24. The number of benzene rings is 7. The molecule has 2 nitrogen and oxygen atoms in total. The van der Waals surface area contributed by atoms with E-state index in [1.807, 2.05) is 90.2 Å². The fourth-order valence-corrected chi connectivity index (χ4v) is 10.7. The van der Waals surface area contributed by atoms with Gasteiger partial charge in [0, 0.05) is 57.8 Å². The summed E-state index contributed by atoms with van der Waals surface area (Å²) in [6, 6.07) is 58.3. The first-order chi connectivity index (χ1) is 23.2. The normalized spacial score (nSPS) is 11.9. The van der Waals surface area contributed by atoms with Crippen molar-refractivity contribution in [2.45, 2.75) is 0 Å². The Balaban J connectivity index is 1.25. The van der Waals surface area contributed by atoms with E-state index in [1.165, 1.54) is 25.6 Å². The Bertz CT molecular complexity index is 2590. The van der Waals surface area contributed by atoms with Crippen molar-refractivity contribution in [1.82, 2.24) is 4.98 Å². The number of hydrogen-bond acceptors (Lipinski definition) is 3. The molecule has 0 fully saturated rings. The Morgan fingerprint density at radius 1 is 0.426 bits per heavy atom. The van der Waals surface area contributed by atoms with Crippen LogP contribution in [0.3, 0.4) is 0 Å². The first kappa shape index (κ1) is 27.9. The zero-order valence-electron chi connectivity index (χ0n) is 25.4. The predicted octanol–water partition coefficient (Wildman–Crippen LogP) is 10.7. The fourth-order valence-electron chi connectivity index (χ4n) is 6.89. The van der Waals surface area contributed by atoms with Crippen molar-refractivity contribution >= 4 is 76.2 Å². The van der Waals surface area contributed by atoms with Crippen molar-refractivity contribution in [2.75, 3.05) is 0 Å². The van der Waals surface area contributed by atoms with E-state index in [-0.39, 0.29) is 0 Å². The number of rotatable bonds is 5. The van der Waals surface area contributed by atoms with Gasteiger partial charge < -0.3 is 4.57 Å². The number of thiophene rings is 1. The Morgan fingerprint density at radius 3 is 1.72 bits per heavy atom. The van der Waals surface area contributed by atoms with Crippen LogP contribution >= 0.6 is 18.5 Å². The van der Waals surface area contributed by atoms with Crippen molar-refractivity contribution in [2.24, 2.45) is 0 Å². The molecule has 47 heavy (non-hydrogen) atoms. The van der Waals surface area contributed by atoms with Crippen LogP contribution in [0.4, 0.5) is 0 Å². The molecule has 0 spiro atoms. The Labute approximate surface area is 277 Å². The second-order valence-corrected chi connectivity index (χ2v) is 15.7. The number of aromatic nitrogens is 1. The first-order valence-corrected chi connectivity index (χ1v) is 18.3. The molecule has 0 saturated carbocycles. The van der Waals surface area contributed by atoms with Gasteiger partial charge >= 0.3 is 0 Å². The Morgan fingerprint density at radius 2 is 1.02 bits per heavy atom. The molecule has 0 bridgehead atoms. The lowest BCUT2D eigenvalue weighted by molar-refractivity contribution is 0.592. The number of hydrogen-bond donors (Lipinski definition) is 0. The van der Waals surface area contributed by atoms with Crippen molar-refractivity contribution in [3.8, 4) is 22.4 Å². The fraction of sp³-hybridized carbons (Fsp3) is 0. The topological polar surface area (TPSA) is 30.0 Å². The number of pyridine rings is 1. The Kier molecular flexibility index (Phi) is 6.64. The predicted molar refractivity (Wildman–Crippen MR) is 202 cm³/mol. The molecular weight excluding hydrogens is 610 g/mol. The van der Waals surface area contributed by atoms with E-state index in [0.29, 0.717) is 0 Å². The molecule has 0 saturated heterocycles. The zero-order chi connectivity index (χ0) is 31.4. The summed E-state index contributed by atoms with van der Waals surface area (Å²) in [7, 11) is -3.05. The van der Waals surface area contributed by atoms with Crippen molar-refractivity contribution in [3.05, 3.63) is 170 Å². The quantitative estimate of drug-likeness (QED) is 0.139. The van der Waals surface area contributed by atoms with Gasteiger partial charge in [0.05, 0.1) is 11.2 Å². The van der Waals surface area contributed by atoms with Crippen LogP contribution in [0.5, 0.6) is 0 Å². The minimum absolute atomic E-state index is 0.825. The van der Waals surface area contributed by atoms with Crippen LogP contribution in [0.1, 0.15) is 0 Å². The summed E-state index contributed by atoms with van der Waals surface area (Å²) in [5, 5.41) is 8.58. The van der Waals surface area contributed by atoms with Gasteiger partial charge in [0.15, 0.2) is 7.14 Å². The third-order valence-corrected chi connectivity index (χ3v) is 13.4. The molecule has 2 aromatic heterocycles. The van der Waals surface area contributed by atoms with Gasteiger partial charge in [0.1, 0.15) is 0 Å². The summed E-state index contributed by atoms with van der Waals surface area (Å²) in [4.78, 5) is 5.26. The summed E-state index contributed by atoms with van der Waals surface area (Å²) in [6.07, 6.45) is 0. The molecule has 0 unspecified atom stereocenters. The van der Waals surface area contributed by atoms with E-state index in [0.717, 1.165) is 54.6 Å². The van der Waals surface area contributed by atoms with Gasteiger partial charge in [-0.3, -0.25) is 0 Å². The summed E-state index contributed by atoms with van der Waals surface area (Å²) < 4.78 is 17.5. The summed E-state index contributed by atoms with van der Waals surface area (Å²) >= 11 is 1.84. The van der Waals surface area contributed by atoms with Crippen molar-refractivity contribution in [3.63, 3.8) is 0 Å². The van der Waals surface area contributed by atoms with Crippen LogP contribution in [-0.2, 0) is 4.57 Å². The van der Waals surface area contributed by atoms with E-state index >= 15 is 0 Å². The maximum absolute atomic E-state index is 14.9. The molecule has 0 amide bonds. The molecule has 9 aromatic rings. The largest absolute Gasteiger partial charge is 0.309 e. The molecule has 4 heteroatoms. The molecule has 0 N–H and O–H groups in total. The van der Waals surface area contributed by atoms with E-state index < -0.39 is 7.14 Å². The molecule has 0 aliphatic rings. The molecular formula is C43H28NOPS. The average molecular weight is 638 g/mol. The molecule has 0 aliphatic carbocycles. The third-order valence-electron chi connectivity index (χ3n) is 9.15. The van der Waals surface area contributed by atoms with Crippen LogP contribution in [-0.4, -0.2) is 4.98 Å². The maximum atomic E-state index is 14.9. The molecule has 0 aliphatic heterocycles. The van der Waals surface area contributed by atoms with Gasteiger partial charge in [-0.25, -0.2) is 4.98 Å². The van der Waals surface area contributed by atoms with Gasteiger partial charge in [-0.1, -0.05) is 146 Å². The lowest BCUT2D eigenvalue weighted by Gasteiger charge is -2.20. The highest BCUT2D eigenvalue weighted by Crippen LogP contribution is 2.45. The Hall–Kier alpha value is -5.34. The molecule has 2 heterocycles. The molecule has 9 rings (SSSR count). The highest BCUT2D eigenvalue weighted by atomic mass is 32.1. The molecule has 7 aromatic carbocycles. The van der Waals surface area contributed by atoms with Gasteiger partial charge in [0.25, 0.3) is 0 Å². The minimum atomic E-state index is -3.05. The summed E-state index contributed by atoms with van der Waals surface area (Å²) in [5.41, 5.74) is 5.26. The summed E-state index contributed by atoms with van der Waals surface area (Å²) in [5.74, 6) is 0. The highest BCUT2D eigenvalue weighted by Gasteiger charge is 2.29. The maximum Gasteiger partial charge on any atom is 0.171 e. The third kappa shape index (κ3) is 4.54. The minimum Gasteiger partial charge on any atom is -0.309 e. The van der Waals surface area contributed by atoms with Crippen LogP contribution < -0.4 is 15.9 Å². The van der Waals surface area contributed by atoms with Crippen molar-refractivity contribution < 1.29 is 4.57 Å². The number of fused-ring (bicyclic) bond motifs is 7. The second kappa shape index (κ2) is 11.2. The standard InChI is InChI=1S/C43H28NOPS/c45-46(32-14-6-2-7-15-32,33-16-8-3-9-17-33)34-23-20-29(21-24-34)31-22-26-38-37(28-31)41-36(43(44-38)30-12-4-1-5-13-30)25-27-40-42(41)35-18-10-11-19-39(35)47-40/h1-28H. The zero-order valence-corrected chi connectivity index (χ0v) is 27.1. The SMILES string of the molecule is O=P(c1ccccc1)(c1ccccc1)c1ccc(-c2ccc3nc(-c4ccccc4)c4ccc5sc6ccccc6c5c4c3c2)cc1. The number of nitrogens with zero attached hydrogens (tertiary/aromatic N) is 1. The lowest BCUT2D eigenvalue weighted by atomic mass is 9.94. The van der Waals surface area contributed by atoms with Crippen LogP contribution in [0, 0.1) is 0 Å². The molecule has 222 valence electrons. The van der Waals surface area contributed by atoms with Crippen LogP contribution in [0.25, 0.3) is 64.2 Å². The van der Waals surface area contributed by atoms with Crippen LogP contribution in [0.15, 0.2) is 170 Å².